The molecule has 0 saturated carbocycles. The van der Waals surface area contributed by atoms with Crippen molar-refractivity contribution in [3.63, 3.8) is 0 Å². The van der Waals surface area contributed by atoms with Crippen LogP contribution >= 0.6 is 0 Å². The lowest BCUT2D eigenvalue weighted by Gasteiger charge is -2.17. The van der Waals surface area contributed by atoms with Crippen molar-refractivity contribution in [2.75, 3.05) is 0 Å². The van der Waals surface area contributed by atoms with Crippen molar-refractivity contribution < 1.29 is 13.2 Å². The fourth-order valence-corrected chi connectivity index (χ4v) is 2.15. The lowest BCUT2D eigenvalue weighted by Crippen LogP contribution is -2.22. The van der Waals surface area contributed by atoms with Gasteiger partial charge in [0.05, 0.1) is 17.0 Å². The number of alkyl halides is 3. The lowest BCUT2D eigenvalue weighted by molar-refractivity contribution is -0.138. The summed E-state index contributed by atoms with van der Waals surface area (Å²) in [5, 5.41) is 3.07. The normalized spacial score (nSPS) is 13.2. The number of aromatic nitrogens is 2. The largest absolute Gasteiger partial charge is 0.416 e. The molecule has 1 atom stereocenters. The number of benzene rings is 1. The molecule has 0 spiro atoms. The molecule has 0 amide bonds. The maximum atomic E-state index is 12.9. The molecule has 112 valence electrons. The number of rotatable bonds is 4. The van der Waals surface area contributed by atoms with E-state index in [1.165, 1.54) is 12.1 Å². The van der Waals surface area contributed by atoms with Gasteiger partial charge < -0.3 is 5.32 Å². The summed E-state index contributed by atoms with van der Waals surface area (Å²) in [6.45, 7) is 3.80. The van der Waals surface area contributed by atoms with Gasteiger partial charge in [-0.1, -0.05) is 18.2 Å². The third-order valence-corrected chi connectivity index (χ3v) is 3.25. The zero-order valence-corrected chi connectivity index (χ0v) is 11.8. The predicted molar refractivity (Wildman–Crippen MR) is 73.5 cm³/mol. The van der Waals surface area contributed by atoms with Crippen LogP contribution in [-0.4, -0.2) is 9.97 Å². The summed E-state index contributed by atoms with van der Waals surface area (Å²) >= 11 is 0. The van der Waals surface area contributed by atoms with Crippen LogP contribution in [0.4, 0.5) is 13.2 Å². The monoisotopic (exact) mass is 295 g/mol. The first-order chi connectivity index (χ1) is 9.89. The van der Waals surface area contributed by atoms with E-state index in [-0.39, 0.29) is 18.2 Å². The Morgan fingerprint density at radius 1 is 1.14 bits per heavy atom. The van der Waals surface area contributed by atoms with Crippen LogP contribution in [-0.2, 0) is 12.7 Å². The summed E-state index contributed by atoms with van der Waals surface area (Å²) in [7, 11) is 0. The highest BCUT2D eigenvalue weighted by Crippen LogP contribution is 2.32. The summed E-state index contributed by atoms with van der Waals surface area (Å²) in [6.07, 6.45) is -1.18. The highest BCUT2D eigenvalue weighted by molar-refractivity contribution is 5.29. The van der Waals surface area contributed by atoms with Gasteiger partial charge in [0.25, 0.3) is 0 Å². The Morgan fingerprint density at radius 2 is 1.81 bits per heavy atom. The van der Waals surface area contributed by atoms with Crippen molar-refractivity contribution >= 4 is 0 Å². The number of hydrogen-bond acceptors (Lipinski definition) is 3. The third kappa shape index (κ3) is 3.78. The number of halogens is 3. The molecule has 0 fully saturated rings. The topological polar surface area (TPSA) is 37.8 Å². The molecule has 0 aliphatic rings. The Hall–Kier alpha value is -1.95. The molecule has 3 nitrogen and oxygen atoms in total. The van der Waals surface area contributed by atoms with Crippen molar-refractivity contribution in [1.29, 1.82) is 0 Å². The molecule has 0 aliphatic carbocycles. The van der Waals surface area contributed by atoms with E-state index in [0.29, 0.717) is 0 Å². The van der Waals surface area contributed by atoms with E-state index in [4.69, 9.17) is 0 Å². The van der Waals surface area contributed by atoms with Gasteiger partial charge in [0.1, 0.15) is 0 Å². The molecule has 6 heteroatoms. The van der Waals surface area contributed by atoms with Crippen LogP contribution in [0.1, 0.15) is 35.5 Å². The number of nitrogens with one attached hydrogen (secondary N) is 1. The highest BCUT2D eigenvalue weighted by Gasteiger charge is 2.32. The first-order valence-electron chi connectivity index (χ1n) is 6.55. The minimum Gasteiger partial charge on any atom is -0.305 e. The number of aryl methyl sites for hydroxylation is 1. The number of nitrogens with zero attached hydrogens (tertiary/aromatic N) is 2. The maximum Gasteiger partial charge on any atom is 0.416 e. The Morgan fingerprint density at radius 3 is 2.48 bits per heavy atom. The van der Waals surface area contributed by atoms with Crippen LogP contribution in [0, 0.1) is 6.92 Å². The molecule has 0 saturated heterocycles. The molecular weight excluding hydrogens is 279 g/mol. The van der Waals surface area contributed by atoms with Crippen molar-refractivity contribution in [3.05, 3.63) is 59.2 Å². The van der Waals surface area contributed by atoms with E-state index in [2.05, 4.69) is 15.3 Å². The molecule has 0 bridgehead atoms. The van der Waals surface area contributed by atoms with E-state index in [1.807, 2.05) is 13.8 Å². The summed E-state index contributed by atoms with van der Waals surface area (Å²) in [4.78, 5) is 8.34. The second-order valence-electron chi connectivity index (χ2n) is 4.78. The summed E-state index contributed by atoms with van der Waals surface area (Å²) in [5.41, 5.74) is 1.11. The fraction of sp³-hybridized carbons (Fsp3) is 0.333. The molecule has 1 heterocycles. The molecule has 1 aromatic carbocycles. The molecule has 2 rings (SSSR count). The van der Waals surface area contributed by atoms with Gasteiger partial charge in [-0.25, -0.2) is 0 Å². The van der Waals surface area contributed by atoms with Gasteiger partial charge in [0, 0.05) is 25.0 Å². The minimum absolute atomic E-state index is 0.118. The maximum absolute atomic E-state index is 12.9. The Balaban J connectivity index is 2.12. The molecule has 1 N–H and O–H groups in total. The van der Waals surface area contributed by atoms with Gasteiger partial charge in [-0.15, -0.1) is 0 Å². The van der Waals surface area contributed by atoms with Gasteiger partial charge in [-0.3, -0.25) is 9.97 Å². The van der Waals surface area contributed by atoms with Crippen LogP contribution in [0.3, 0.4) is 0 Å². The average molecular weight is 295 g/mol. The van der Waals surface area contributed by atoms with E-state index >= 15 is 0 Å². The fourth-order valence-electron chi connectivity index (χ4n) is 2.15. The summed E-state index contributed by atoms with van der Waals surface area (Å²) < 4.78 is 38.7. The summed E-state index contributed by atoms with van der Waals surface area (Å²) in [5.74, 6) is 0. The quantitative estimate of drug-likeness (QED) is 0.935. The van der Waals surface area contributed by atoms with Gasteiger partial charge in [-0.2, -0.15) is 13.2 Å². The van der Waals surface area contributed by atoms with Crippen LogP contribution in [0.25, 0.3) is 0 Å². The van der Waals surface area contributed by atoms with Crippen molar-refractivity contribution in [3.8, 4) is 0 Å². The highest BCUT2D eigenvalue weighted by atomic mass is 19.4. The van der Waals surface area contributed by atoms with Crippen molar-refractivity contribution in [1.82, 2.24) is 15.3 Å². The van der Waals surface area contributed by atoms with Crippen molar-refractivity contribution in [2.24, 2.45) is 0 Å². The van der Waals surface area contributed by atoms with Gasteiger partial charge >= 0.3 is 6.18 Å². The van der Waals surface area contributed by atoms with E-state index in [1.54, 1.807) is 18.5 Å². The van der Waals surface area contributed by atoms with Crippen LogP contribution in [0.5, 0.6) is 0 Å². The average Bonchev–Trinajstić information content (AvgIpc) is 2.44. The smallest absolute Gasteiger partial charge is 0.305 e. The second-order valence-corrected chi connectivity index (χ2v) is 4.78. The van der Waals surface area contributed by atoms with Crippen LogP contribution in [0.15, 0.2) is 36.7 Å². The Labute approximate surface area is 121 Å². The molecule has 2 aromatic rings. The van der Waals surface area contributed by atoms with Gasteiger partial charge in [-0.05, 0) is 25.5 Å². The van der Waals surface area contributed by atoms with Crippen LogP contribution < -0.4 is 5.32 Å². The van der Waals surface area contributed by atoms with E-state index < -0.39 is 11.7 Å². The van der Waals surface area contributed by atoms with Crippen molar-refractivity contribution in [2.45, 2.75) is 32.6 Å². The zero-order valence-electron chi connectivity index (χ0n) is 11.8. The van der Waals surface area contributed by atoms with E-state index in [0.717, 1.165) is 17.5 Å². The first-order valence-corrected chi connectivity index (χ1v) is 6.55. The van der Waals surface area contributed by atoms with E-state index in [9.17, 15) is 13.2 Å². The molecule has 0 radical (unpaired) electrons. The summed E-state index contributed by atoms with van der Waals surface area (Å²) in [6, 6.07) is 5.38. The first kappa shape index (κ1) is 15.4. The molecule has 1 aromatic heterocycles. The Bertz CT molecular complexity index is 611. The second kappa shape index (κ2) is 6.22. The SMILES string of the molecule is Cc1nccnc1C(C)NCc1ccccc1C(F)(F)F. The van der Waals surface area contributed by atoms with Gasteiger partial charge in [0.2, 0.25) is 0 Å². The lowest BCUT2D eigenvalue weighted by atomic mass is 10.1. The van der Waals surface area contributed by atoms with Crippen LogP contribution in [0.2, 0.25) is 0 Å². The standard InChI is InChI=1S/C15H16F3N3/c1-10-14(20-8-7-19-10)11(2)21-9-12-5-3-4-6-13(12)15(16,17)18/h3-8,11,21H,9H2,1-2H3. The van der Waals surface area contributed by atoms with Gasteiger partial charge in [0.15, 0.2) is 0 Å². The zero-order chi connectivity index (χ0) is 15.5. The Kier molecular flexibility index (Phi) is 4.57. The molecule has 0 aliphatic heterocycles. The third-order valence-electron chi connectivity index (χ3n) is 3.25. The predicted octanol–water partition coefficient (Wildman–Crippen LogP) is 3.65. The minimum atomic E-state index is -4.34. The number of hydrogen-bond donors (Lipinski definition) is 1. The molecular formula is C15H16F3N3. The molecule has 1 unspecified atom stereocenters. The molecule has 21 heavy (non-hydrogen) atoms.